The van der Waals surface area contributed by atoms with Gasteiger partial charge < -0.3 is 9.84 Å². The van der Waals surface area contributed by atoms with E-state index in [2.05, 4.69) is 19.1 Å². The Morgan fingerprint density at radius 2 is 2.00 bits per heavy atom. The number of hydrogen-bond acceptors (Lipinski definition) is 3. The van der Waals surface area contributed by atoms with Gasteiger partial charge in [0, 0.05) is 22.8 Å². The average Bonchev–Trinajstić information content (AvgIpc) is 2.62. The molecule has 86 valence electrons. The summed E-state index contributed by atoms with van der Waals surface area (Å²) in [4.78, 5) is 2.61. The standard InChI is InChI=1S/C12H20O2S/c1-4-10-6-7-11(15-10)8-12(3,13)9-14-5-2/h6-7,13H,4-5,8-9H2,1-3H3. The van der Waals surface area contributed by atoms with Crippen molar-refractivity contribution < 1.29 is 9.84 Å². The molecule has 1 rings (SSSR count). The fraction of sp³-hybridized carbons (Fsp3) is 0.667. The molecule has 1 aromatic heterocycles. The number of aliphatic hydroxyl groups is 1. The first-order chi connectivity index (χ1) is 7.07. The zero-order chi connectivity index (χ0) is 11.3. The summed E-state index contributed by atoms with van der Waals surface area (Å²) in [5, 5.41) is 10.1. The van der Waals surface area contributed by atoms with Gasteiger partial charge in [0.2, 0.25) is 0 Å². The van der Waals surface area contributed by atoms with Crippen LogP contribution in [-0.4, -0.2) is 23.9 Å². The Hall–Kier alpha value is -0.380. The molecule has 0 radical (unpaired) electrons. The van der Waals surface area contributed by atoms with Crippen molar-refractivity contribution in [3.63, 3.8) is 0 Å². The van der Waals surface area contributed by atoms with E-state index in [1.54, 1.807) is 11.3 Å². The van der Waals surface area contributed by atoms with Gasteiger partial charge in [-0.3, -0.25) is 0 Å². The Kier molecular flexibility index (Phi) is 4.77. The van der Waals surface area contributed by atoms with E-state index >= 15 is 0 Å². The molecule has 0 bridgehead atoms. The van der Waals surface area contributed by atoms with Gasteiger partial charge >= 0.3 is 0 Å². The van der Waals surface area contributed by atoms with Gasteiger partial charge in [0.15, 0.2) is 0 Å². The van der Waals surface area contributed by atoms with E-state index in [0.717, 1.165) is 6.42 Å². The summed E-state index contributed by atoms with van der Waals surface area (Å²) in [5.74, 6) is 0. The van der Waals surface area contributed by atoms with Crippen LogP contribution in [0.1, 0.15) is 30.5 Å². The van der Waals surface area contributed by atoms with Crippen LogP contribution < -0.4 is 0 Å². The summed E-state index contributed by atoms with van der Waals surface area (Å²) in [6, 6.07) is 4.24. The minimum absolute atomic E-state index is 0.406. The lowest BCUT2D eigenvalue weighted by molar-refractivity contribution is -0.0291. The minimum Gasteiger partial charge on any atom is -0.387 e. The Labute approximate surface area is 95.9 Å². The smallest absolute Gasteiger partial charge is 0.0900 e. The molecule has 0 aliphatic rings. The van der Waals surface area contributed by atoms with Crippen molar-refractivity contribution in [2.45, 2.75) is 39.2 Å². The van der Waals surface area contributed by atoms with E-state index < -0.39 is 5.60 Å². The highest BCUT2D eigenvalue weighted by Gasteiger charge is 2.21. The summed E-state index contributed by atoms with van der Waals surface area (Å²) in [5.41, 5.74) is -0.744. The van der Waals surface area contributed by atoms with Crippen LogP contribution in [0.15, 0.2) is 12.1 Å². The normalized spacial score (nSPS) is 15.2. The van der Waals surface area contributed by atoms with Crippen molar-refractivity contribution in [3.05, 3.63) is 21.9 Å². The highest BCUT2D eigenvalue weighted by Crippen LogP contribution is 2.22. The fourth-order valence-corrected chi connectivity index (χ4v) is 2.59. The second-order valence-electron chi connectivity index (χ2n) is 4.03. The van der Waals surface area contributed by atoms with Gasteiger partial charge in [0.25, 0.3) is 0 Å². The lowest BCUT2D eigenvalue weighted by Gasteiger charge is -2.21. The van der Waals surface area contributed by atoms with Crippen LogP contribution in [0.2, 0.25) is 0 Å². The predicted molar refractivity (Wildman–Crippen MR) is 64.5 cm³/mol. The van der Waals surface area contributed by atoms with Crippen LogP contribution in [0, 0.1) is 0 Å². The fourth-order valence-electron chi connectivity index (χ4n) is 1.46. The van der Waals surface area contributed by atoms with Gasteiger partial charge in [-0.25, -0.2) is 0 Å². The Morgan fingerprint density at radius 1 is 1.33 bits per heavy atom. The zero-order valence-corrected chi connectivity index (χ0v) is 10.6. The van der Waals surface area contributed by atoms with E-state index in [0.29, 0.717) is 19.6 Å². The van der Waals surface area contributed by atoms with Gasteiger partial charge in [-0.1, -0.05) is 6.92 Å². The highest BCUT2D eigenvalue weighted by atomic mass is 32.1. The largest absolute Gasteiger partial charge is 0.387 e. The monoisotopic (exact) mass is 228 g/mol. The summed E-state index contributed by atoms with van der Waals surface area (Å²) >= 11 is 1.78. The van der Waals surface area contributed by atoms with Crippen LogP contribution in [0.4, 0.5) is 0 Å². The van der Waals surface area contributed by atoms with Crippen LogP contribution in [0.25, 0.3) is 0 Å². The first-order valence-corrected chi connectivity index (χ1v) is 6.26. The number of ether oxygens (including phenoxy) is 1. The topological polar surface area (TPSA) is 29.5 Å². The molecular weight excluding hydrogens is 208 g/mol. The number of hydrogen-bond donors (Lipinski definition) is 1. The predicted octanol–water partition coefficient (Wildman–Crippen LogP) is 2.64. The van der Waals surface area contributed by atoms with Crippen molar-refractivity contribution in [2.24, 2.45) is 0 Å². The van der Waals surface area contributed by atoms with Gasteiger partial charge in [0.05, 0.1) is 12.2 Å². The van der Waals surface area contributed by atoms with Crippen LogP contribution in [0.3, 0.4) is 0 Å². The molecule has 0 spiro atoms. The quantitative estimate of drug-likeness (QED) is 0.811. The molecule has 1 aromatic rings. The molecule has 1 atom stereocenters. The second kappa shape index (κ2) is 5.64. The van der Waals surface area contributed by atoms with E-state index in [4.69, 9.17) is 4.74 Å². The third kappa shape index (κ3) is 4.33. The first-order valence-electron chi connectivity index (χ1n) is 5.45. The molecule has 15 heavy (non-hydrogen) atoms. The molecule has 0 aliphatic heterocycles. The maximum Gasteiger partial charge on any atom is 0.0900 e. The van der Waals surface area contributed by atoms with E-state index in [-0.39, 0.29) is 0 Å². The number of thiophene rings is 1. The van der Waals surface area contributed by atoms with Crippen LogP contribution >= 0.6 is 11.3 Å². The van der Waals surface area contributed by atoms with E-state index in [9.17, 15) is 5.11 Å². The van der Waals surface area contributed by atoms with Crippen molar-refractivity contribution in [1.29, 1.82) is 0 Å². The summed E-state index contributed by atoms with van der Waals surface area (Å²) in [7, 11) is 0. The van der Waals surface area contributed by atoms with Crippen molar-refractivity contribution >= 4 is 11.3 Å². The molecule has 0 aliphatic carbocycles. The molecule has 1 unspecified atom stereocenters. The lowest BCUT2D eigenvalue weighted by Crippen LogP contribution is -2.32. The molecule has 0 saturated heterocycles. The number of aryl methyl sites for hydroxylation is 1. The SMILES string of the molecule is CCOCC(C)(O)Cc1ccc(CC)s1. The first kappa shape index (κ1) is 12.7. The molecule has 0 aromatic carbocycles. The van der Waals surface area contributed by atoms with Gasteiger partial charge in [0.1, 0.15) is 0 Å². The molecule has 1 N–H and O–H groups in total. The van der Waals surface area contributed by atoms with E-state index in [1.807, 2.05) is 13.8 Å². The highest BCUT2D eigenvalue weighted by molar-refractivity contribution is 7.12. The van der Waals surface area contributed by atoms with E-state index in [1.165, 1.54) is 9.75 Å². The third-order valence-corrected chi connectivity index (χ3v) is 3.47. The maximum absolute atomic E-state index is 10.1. The third-order valence-electron chi connectivity index (χ3n) is 2.24. The Bertz CT molecular complexity index is 292. The lowest BCUT2D eigenvalue weighted by atomic mass is 10.0. The molecule has 1 heterocycles. The Morgan fingerprint density at radius 3 is 2.53 bits per heavy atom. The van der Waals surface area contributed by atoms with Gasteiger partial charge in [-0.05, 0) is 32.4 Å². The zero-order valence-electron chi connectivity index (χ0n) is 9.75. The summed E-state index contributed by atoms with van der Waals surface area (Å²) in [6.45, 7) is 6.97. The summed E-state index contributed by atoms with van der Waals surface area (Å²) in [6.07, 6.45) is 1.75. The molecule has 0 amide bonds. The average molecular weight is 228 g/mol. The summed E-state index contributed by atoms with van der Waals surface area (Å²) < 4.78 is 5.26. The Balaban J connectivity index is 2.52. The second-order valence-corrected chi connectivity index (χ2v) is 5.29. The molecule has 0 fully saturated rings. The number of rotatable bonds is 6. The maximum atomic E-state index is 10.1. The van der Waals surface area contributed by atoms with Gasteiger partial charge in [-0.2, -0.15) is 0 Å². The molecule has 0 saturated carbocycles. The van der Waals surface area contributed by atoms with Crippen LogP contribution in [-0.2, 0) is 17.6 Å². The van der Waals surface area contributed by atoms with Crippen LogP contribution in [0.5, 0.6) is 0 Å². The van der Waals surface area contributed by atoms with Crippen molar-refractivity contribution in [1.82, 2.24) is 0 Å². The molecular formula is C12H20O2S. The molecule has 2 nitrogen and oxygen atoms in total. The van der Waals surface area contributed by atoms with Crippen molar-refractivity contribution in [2.75, 3.05) is 13.2 Å². The molecule has 3 heteroatoms. The minimum atomic E-state index is -0.744. The van der Waals surface area contributed by atoms with Crippen molar-refractivity contribution in [3.8, 4) is 0 Å². The van der Waals surface area contributed by atoms with Gasteiger partial charge in [-0.15, -0.1) is 11.3 Å².